The molecule has 0 aliphatic rings. The zero-order valence-electron chi connectivity index (χ0n) is 10.2. The van der Waals surface area contributed by atoms with Crippen LogP contribution in [0.15, 0.2) is 48.5 Å². The van der Waals surface area contributed by atoms with Crippen molar-refractivity contribution in [1.29, 1.82) is 0 Å². The summed E-state index contributed by atoms with van der Waals surface area (Å²) in [6, 6.07) is 14.4. The molecule has 3 heteroatoms. The number of carbonyl (C=O) groups is 1. The zero-order chi connectivity index (χ0) is 13.0. The average Bonchev–Trinajstić information content (AvgIpc) is 2.37. The van der Waals surface area contributed by atoms with Gasteiger partial charge in [-0.25, -0.2) is 0 Å². The highest BCUT2D eigenvalue weighted by Crippen LogP contribution is 2.15. The van der Waals surface area contributed by atoms with Gasteiger partial charge in [-0.05, 0) is 24.6 Å². The Morgan fingerprint density at radius 1 is 1.17 bits per heavy atom. The van der Waals surface area contributed by atoms with Crippen LogP contribution < -0.4 is 5.32 Å². The number of aryl methyl sites for hydroxylation is 1. The maximum atomic E-state index is 11.9. The van der Waals surface area contributed by atoms with Crippen LogP contribution in [0.5, 0.6) is 5.75 Å². The average molecular weight is 241 g/mol. The van der Waals surface area contributed by atoms with Gasteiger partial charge in [0.05, 0.1) is 5.56 Å². The maximum absolute atomic E-state index is 11.9. The third-order valence-corrected chi connectivity index (χ3v) is 2.68. The molecule has 3 nitrogen and oxygen atoms in total. The van der Waals surface area contributed by atoms with E-state index < -0.39 is 0 Å². The Bertz CT molecular complexity index is 564. The van der Waals surface area contributed by atoms with E-state index in [2.05, 4.69) is 5.32 Å². The smallest absolute Gasteiger partial charge is 0.255 e. The number of amides is 1. The van der Waals surface area contributed by atoms with Crippen molar-refractivity contribution >= 4 is 5.91 Å². The summed E-state index contributed by atoms with van der Waals surface area (Å²) >= 11 is 0. The van der Waals surface area contributed by atoms with Gasteiger partial charge in [-0.1, -0.05) is 42.0 Å². The number of rotatable bonds is 3. The van der Waals surface area contributed by atoms with Gasteiger partial charge in [0.15, 0.2) is 0 Å². The Morgan fingerprint density at radius 3 is 2.67 bits per heavy atom. The molecule has 0 saturated carbocycles. The second-order valence-electron chi connectivity index (χ2n) is 4.19. The highest BCUT2D eigenvalue weighted by Gasteiger charge is 2.09. The molecule has 1 amide bonds. The van der Waals surface area contributed by atoms with E-state index in [1.807, 2.05) is 31.2 Å². The zero-order valence-corrected chi connectivity index (χ0v) is 10.2. The summed E-state index contributed by atoms with van der Waals surface area (Å²) in [5.41, 5.74) is 2.49. The first-order valence-corrected chi connectivity index (χ1v) is 5.78. The minimum absolute atomic E-state index is 0.000702. The number of phenolic OH excluding ortho intramolecular Hbond substituents is 1. The fourth-order valence-electron chi connectivity index (χ4n) is 1.77. The Balaban J connectivity index is 2.03. The van der Waals surface area contributed by atoms with Crippen LogP contribution in [-0.4, -0.2) is 11.0 Å². The molecule has 0 unspecified atom stereocenters. The third kappa shape index (κ3) is 2.88. The molecule has 0 heterocycles. The van der Waals surface area contributed by atoms with Crippen molar-refractivity contribution < 1.29 is 9.90 Å². The molecular weight excluding hydrogens is 226 g/mol. The largest absolute Gasteiger partial charge is 0.507 e. The van der Waals surface area contributed by atoms with Crippen LogP contribution in [0.25, 0.3) is 0 Å². The van der Waals surface area contributed by atoms with E-state index in [9.17, 15) is 9.90 Å². The molecule has 0 radical (unpaired) electrons. The topological polar surface area (TPSA) is 49.3 Å². The van der Waals surface area contributed by atoms with Crippen molar-refractivity contribution in [2.75, 3.05) is 0 Å². The van der Waals surface area contributed by atoms with Crippen molar-refractivity contribution in [3.63, 3.8) is 0 Å². The Morgan fingerprint density at radius 2 is 1.94 bits per heavy atom. The van der Waals surface area contributed by atoms with Crippen LogP contribution in [-0.2, 0) is 6.54 Å². The van der Waals surface area contributed by atoms with E-state index in [4.69, 9.17) is 0 Å². The van der Waals surface area contributed by atoms with Crippen LogP contribution >= 0.6 is 0 Å². The molecule has 2 N–H and O–H groups in total. The monoisotopic (exact) mass is 241 g/mol. The lowest BCUT2D eigenvalue weighted by atomic mass is 10.1. The molecule has 0 fully saturated rings. The van der Waals surface area contributed by atoms with Crippen molar-refractivity contribution in [3.05, 3.63) is 65.2 Å². The van der Waals surface area contributed by atoms with Gasteiger partial charge in [0.1, 0.15) is 5.75 Å². The van der Waals surface area contributed by atoms with Crippen LogP contribution in [0.3, 0.4) is 0 Å². The quantitative estimate of drug-likeness (QED) is 0.867. The summed E-state index contributed by atoms with van der Waals surface area (Å²) in [7, 11) is 0. The Labute approximate surface area is 106 Å². The standard InChI is InChI=1S/C15H15NO2/c1-11-5-4-6-12(9-11)10-16-15(18)13-7-2-3-8-14(13)17/h2-9,17H,10H2,1H3,(H,16,18). The van der Waals surface area contributed by atoms with Gasteiger partial charge in [-0.15, -0.1) is 0 Å². The molecule has 2 rings (SSSR count). The Hall–Kier alpha value is -2.29. The van der Waals surface area contributed by atoms with Crippen molar-refractivity contribution in [3.8, 4) is 5.75 Å². The lowest BCUT2D eigenvalue weighted by Crippen LogP contribution is -2.22. The highest BCUT2D eigenvalue weighted by molar-refractivity contribution is 5.96. The molecule has 2 aromatic rings. The Kier molecular flexibility index (Phi) is 3.63. The molecule has 0 aliphatic heterocycles. The number of hydrogen-bond acceptors (Lipinski definition) is 2. The predicted octanol–water partition coefficient (Wildman–Crippen LogP) is 2.63. The summed E-state index contributed by atoms with van der Waals surface area (Å²) in [5.74, 6) is -0.270. The molecule has 18 heavy (non-hydrogen) atoms. The molecule has 0 bridgehead atoms. The van der Waals surface area contributed by atoms with E-state index in [0.29, 0.717) is 12.1 Å². The number of phenols is 1. The molecule has 2 aromatic carbocycles. The first kappa shape index (κ1) is 12.2. The molecule has 0 aromatic heterocycles. The first-order chi connectivity index (χ1) is 8.66. The van der Waals surface area contributed by atoms with Crippen molar-refractivity contribution in [1.82, 2.24) is 5.32 Å². The second-order valence-corrected chi connectivity index (χ2v) is 4.19. The number of nitrogens with one attached hydrogen (secondary N) is 1. The number of aromatic hydroxyl groups is 1. The lowest BCUT2D eigenvalue weighted by Gasteiger charge is -2.07. The van der Waals surface area contributed by atoms with E-state index in [1.54, 1.807) is 18.2 Å². The van der Waals surface area contributed by atoms with Crippen LogP contribution in [0, 0.1) is 6.92 Å². The molecule has 0 aliphatic carbocycles. The van der Waals surface area contributed by atoms with E-state index in [1.165, 1.54) is 6.07 Å². The van der Waals surface area contributed by atoms with E-state index in [0.717, 1.165) is 11.1 Å². The third-order valence-electron chi connectivity index (χ3n) is 2.68. The van der Waals surface area contributed by atoms with Crippen LogP contribution in [0.1, 0.15) is 21.5 Å². The summed E-state index contributed by atoms with van der Waals surface area (Å²) in [5, 5.41) is 12.3. The van der Waals surface area contributed by atoms with Gasteiger partial charge in [-0.3, -0.25) is 4.79 Å². The molecule has 0 spiro atoms. The summed E-state index contributed by atoms with van der Waals surface area (Å²) in [6.07, 6.45) is 0. The maximum Gasteiger partial charge on any atom is 0.255 e. The van der Waals surface area contributed by atoms with Gasteiger partial charge in [0.25, 0.3) is 5.91 Å². The minimum atomic E-state index is -0.269. The highest BCUT2D eigenvalue weighted by atomic mass is 16.3. The van der Waals surface area contributed by atoms with Crippen LogP contribution in [0.2, 0.25) is 0 Å². The molecule has 0 saturated heterocycles. The number of hydrogen-bond donors (Lipinski definition) is 2. The number of para-hydroxylation sites is 1. The molecule has 92 valence electrons. The van der Waals surface area contributed by atoms with E-state index >= 15 is 0 Å². The van der Waals surface area contributed by atoms with Gasteiger partial charge in [0.2, 0.25) is 0 Å². The lowest BCUT2D eigenvalue weighted by molar-refractivity contribution is 0.0948. The van der Waals surface area contributed by atoms with Gasteiger partial charge in [0, 0.05) is 6.54 Å². The van der Waals surface area contributed by atoms with Gasteiger partial charge >= 0.3 is 0 Å². The summed E-state index contributed by atoms with van der Waals surface area (Å²) in [4.78, 5) is 11.9. The number of carbonyl (C=O) groups excluding carboxylic acids is 1. The fourth-order valence-corrected chi connectivity index (χ4v) is 1.77. The summed E-state index contributed by atoms with van der Waals surface area (Å²) in [6.45, 7) is 2.46. The van der Waals surface area contributed by atoms with Gasteiger partial charge < -0.3 is 10.4 Å². The molecular formula is C15H15NO2. The van der Waals surface area contributed by atoms with Crippen LogP contribution in [0.4, 0.5) is 0 Å². The number of benzene rings is 2. The van der Waals surface area contributed by atoms with E-state index in [-0.39, 0.29) is 11.7 Å². The predicted molar refractivity (Wildman–Crippen MR) is 70.5 cm³/mol. The minimum Gasteiger partial charge on any atom is -0.507 e. The van der Waals surface area contributed by atoms with Crippen molar-refractivity contribution in [2.45, 2.75) is 13.5 Å². The molecule has 0 atom stereocenters. The normalized spacial score (nSPS) is 10.1. The van der Waals surface area contributed by atoms with Gasteiger partial charge in [-0.2, -0.15) is 0 Å². The van der Waals surface area contributed by atoms with Crippen molar-refractivity contribution in [2.24, 2.45) is 0 Å². The second kappa shape index (κ2) is 5.36. The SMILES string of the molecule is Cc1cccc(CNC(=O)c2ccccc2O)c1. The summed E-state index contributed by atoms with van der Waals surface area (Å²) < 4.78 is 0. The first-order valence-electron chi connectivity index (χ1n) is 5.78. The fraction of sp³-hybridized carbons (Fsp3) is 0.133.